The Balaban J connectivity index is 2.36. The minimum Gasteiger partial charge on any atom is -0.313 e. The van der Waals surface area contributed by atoms with Gasteiger partial charge in [-0.25, -0.2) is 4.39 Å². The van der Waals surface area contributed by atoms with Gasteiger partial charge in [0.2, 0.25) is 0 Å². The van der Waals surface area contributed by atoms with Crippen LogP contribution in [0, 0.1) is 5.82 Å². The molecule has 2 aromatic carbocycles. The zero-order valence-corrected chi connectivity index (χ0v) is 13.9. The normalized spacial score (nSPS) is 12.4. The molecule has 0 amide bonds. The molecule has 0 aliphatic heterocycles. The Labute approximate surface area is 136 Å². The lowest BCUT2D eigenvalue weighted by atomic mass is 9.98. The molecule has 1 nitrogen and oxygen atoms in total. The van der Waals surface area contributed by atoms with E-state index >= 15 is 0 Å². The highest BCUT2D eigenvalue weighted by Crippen LogP contribution is 2.33. The number of hydrogen-bond donors (Lipinski definition) is 1. The van der Waals surface area contributed by atoms with Crippen LogP contribution >= 0.6 is 39.1 Å². The molecule has 20 heavy (non-hydrogen) atoms. The Kier molecular flexibility index (Phi) is 5.44. The van der Waals surface area contributed by atoms with Gasteiger partial charge in [0, 0.05) is 26.1 Å². The first-order valence-corrected chi connectivity index (χ1v) is 7.63. The monoisotopic (exact) mass is 375 g/mol. The quantitative estimate of drug-likeness (QED) is 0.753. The maximum absolute atomic E-state index is 13.4. The lowest BCUT2D eigenvalue weighted by Gasteiger charge is -2.20. The lowest BCUT2D eigenvalue weighted by molar-refractivity contribution is 0.583. The SMILES string of the molecule is CNC(Cc1cc(F)ccc1Br)c1c(Cl)cccc1Cl. The van der Waals surface area contributed by atoms with Crippen LogP contribution in [0.4, 0.5) is 4.39 Å². The minimum absolute atomic E-state index is 0.0886. The van der Waals surface area contributed by atoms with Gasteiger partial charge in [-0.15, -0.1) is 0 Å². The standard InChI is InChI=1S/C15H13BrCl2FN/c1-20-14(15-12(17)3-2-4-13(15)18)8-9-7-10(19)5-6-11(9)16/h2-7,14,20H,8H2,1H3. The van der Waals surface area contributed by atoms with Crippen molar-refractivity contribution in [2.75, 3.05) is 7.05 Å². The van der Waals surface area contributed by atoms with Gasteiger partial charge < -0.3 is 5.32 Å². The molecule has 0 heterocycles. The van der Waals surface area contributed by atoms with Crippen LogP contribution in [0.2, 0.25) is 10.0 Å². The Morgan fingerprint density at radius 1 is 1.20 bits per heavy atom. The summed E-state index contributed by atoms with van der Waals surface area (Å²) in [5.74, 6) is -0.261. The predicted octanol–water partition coefficient (Wildman–Crippen LogP) is 5.40. The fourth-order valence-corrected chi connectivity index (χ4v) is 3.18. The van der Waals surface area contributed by atoms with Gasteiger partial charge in [0.05, 0.1) is 0 Å². The largest absolute Gasteiger partial charge is 0.313 e. The van der Waals surface area contributed by atoms with E-state index in [1.54, 1.807) is 24.3 Å². The van der Waals surface area contributed by atoms with Crippen LogP contribution in [0.3, 0.4) is 0 Å². The van der Waals surface area contributed by atoms with Gasteiger partial charge in [0.25, 0.3) is 0 Å². The molecular weight excluding hydrogens is 364 g/mol. The van der Waals surface area contributed by atoms with Gasteiger partial charge in [0.15, 0.2) is 0 Å². The summed E-state index contributed by atoms with van der Waals surface area (Å²) in [4.78, 5) is 0. The van der Waals surface area contributed by atoms with Crippen molar-refractivity contribution in [1.29, 1.82) is 0 Å². The van der Waals surface area contributed by atoms with Gasteiger partial charge in [-0.05, 0) is 49.4 Å². The maximum Gasteiger partial charge on any atom is 0.123 e. The summed E-state index contributed by atoms with van der Waals surface area (Å²) in [6.07, 6.45) is 0.582. The van der Waals surface area contributed by atoms with E-state index in [0.29, 0.717) is 16.5 Å². The molecule has 0 saturated carbocycles. The third kappa shape index (κ3) is 3.53. The molecule has 1 N–H and O–H groups in total. The minimum atomic E-state index is -0.261. The van der Waals surface area contributed by atoms with Gasteiger partial charge >= 0.3 is 0 Å². The fourth-order valence-electron chi connectivity index (χ4n) is 2.11. The molecule has 0 radical (unpaired) electrons. The van der Waals surface area contributed by atoms with Crippen molar-refractivity contribution < 1.29 is 4.39 Å². The fraction of sp³-hybridized carbons (Fsp3) is 0.200. The smallest absolute Gasteiger partial charge is 0.123 e. The zero-order valence-electron chi connectivity index (χ0n) is 10.8. The Bertz CT molecular complexity index is 599. The highest BCUT2D eigenvalue weighted by molar-refractivity contribution is 9.10. The second-order valence-electron chi connectivity index (χ2n) is 4.42. The third-order valence-electron chi connectivity index (χ3n) is 3.13. The molecule has 0 saturated heterocycles. The maximum atomic E-state index is 13.4. The molecule has 0 aliphatic rings. The second kappa shape index (κ2) is 6.90. The molecule has 0 fully saturated rings. The summed E-state index contributed by atoms with van der Waals surface area (Å²) >= 11 is 15.9. The van der Waals surface area contributed by atoms with E-state index < -0.39 is 0 Å². The van der Waals surface area contributed by atoms with Gasteiger partial charge in [-0.1, -0.05) is 45.2 Å². The van der Waals surface area contributed by atoms with E-state index in [1.807, 2.05) is 7.05 Å². The molecule has 2 rings (SSSR count). The van der Waals surface area contributed by atoms with Crippen molar-refractivity contribution in [3.8, 4) is 0 Å². The number of halogens is 4. The lowest BCUT2D eigenvalue weighted by Crippen LogP contribution is -2.20. The van der Waals surface area contributed by atoms with Gasteiger partial charge in [-0.2, -0.15) is 0 Å². The molecule has 0 aromatic heterocycles. The molecule has 2 aromatic rings. The summed E-state index contributed by atoms with van der Waals surface area (Å²) in [5, 5.41) is 4.39. The number of nitrogens with one attached hydrogen (secondary N) is 1. The molecular formula is C15H13BrCl2FN. The summed E-state index contributed by atoms with van der Waals surface area (Å²) in [5.41, 5.74) is 1.69. The first-order valence-electron chi connectivity index (χ1n) is 6.08. The van der Waals surface area contributed by atoms with Crippen LogP contribution in [0.5, 0.6) is 0 Å². The second-order valence-corrected chi connectivity index (χ2v) is 6.09. The summed E-state index contributed by atoms with van der Waals surface area (Å²) in [6, 6.07) is 9.95. The Morgan fingerprint density at radius 3 is 2.45 bits per heavy atom. The average Bonchev–Trinajstić information content (AvgIpc) is 2.41. The molecule has 1 atom stereocenters. The highest BCUT2D eigenvalue weighted by Gasteiger charge is 2.18. The van der Waals surface area contributed by atoms with Crippen LogP contribution in [-0.4, -0.2) is 7.05 Å². The van der Waals surface area contributed by atoms with Crippen LogP contribution in [0.25, 0.3) is 0 Å². The first kappa shape index (κ1) is 15.8. The van der Waals surface area contributed by atoms with Crippen LogP contribution in [-0.2, 0) is 6.42 Å². The Morgan fingerprint density at radius 2 is 1.85 bits per heavy atom. The van der Waals surface area contributed by atoms with E-state index in [9.17, 15) is 4.39 Å². The van der Waals surface area contributed by atoms with E-state index in [-0.39, 0.29) is 11.9 Å². The van der Waals surface area contributed by atoms with E-state index in [4.69, 9.17) is 23.2 Å². The zero-order chi connectivity index (χ0) is 14.7. The average molecular weight is 377 g/mol. The molecule has 0 aliphatic carbocycles. The van der Waals surface area contributed by atoms with Crippen LogP contribution < -0.4 is 5.32 Å². The molecule has 0 spiro atoms. The number of benzene rings is 2. The van der Waals surface area contributed by atoms with Gasteiger partial charge in [0.1, 0.15) is 5.82 Å². The number of likely N-dealkylation sites (N-methyl/N-ethyl adjacent to an activating group) is 1. The summed E-state index contributed by atoms with van der Waals surface area (Å²) in [6.45, 7) is 0. The number of rotatable bonds is 4. The van der Waals surface area contributed by atoms with Crippen molar-refractivity contribution in [1.82, 2.24) is 5.32 Å². The summed E-state index contributed by atoms with van der Waals surface area (Å²) < 4.78 is 14.2. The van der Waals surface area contributed by atoms with Gasteiger partial charge in [-0.3, -0.25) is 0 Å². The van der Waals surface area contributed by atoms with Crippen molar-refractivity contribution in [2.45, 2.75) is 12.5 Å². The van der Waals surface area contributed by atoms with E-state index in [0.717, 1.165) is 15.6 Å². The van der Waals surface area contributed by atoms with E-state index in [2.05, 4.69) is 21.2 Å². The van der Waals surface area contributed by atoms with Crippen LogP contribution in [0.1, 0.15) is 17.2 Å². The van der Waals surface area contributed by atoms with Crippen molar-refractivity contribution >= 4 is 39.1 Å². The highest BCUT2D eigenvalue weighted by atomic mass is 79.9. The molecule has 0 bridgehead atoms. The van der Waals surface area contributed by atoms with Crippen molar-refractivity contribution in [3.05, 3.63) is 67.9 Å². The van der Waals surface area contributed by atoms with Crippen LogP contribution in [0.15, 0.2) is 40.9 Å². The van der Waals surface area contributed by atoms with Crippen molar-refractivity contribution in [2.24, 2.45) is 0 Å². The molecule has 1 unspecified atom stereocenters. The first-order chi connectivity index (χ1) is 9.52. The third-order valence-corrected chi connectivity index (χ3v) is 4.56. The number of hydrogen-bond acceptors (Lipinski definition) is 1. The predicted molar refractivity (Wildman–Crippen MR) is 86.1 cm³/mol. The molecule has 5 heteroatoms. The molecule has 106 valence electrons. The topological polar surface area (TPSA) is 12.0 Å². The van der Waals surface area contributed by atoms with E-state index in [1.165, 1.54) is 12.1 Å². The Hall–Kier alpha value is -0.610. The van der Waals surface area contributed by atoms with Crippen molar-refractivity contribution in [3.63, 3.8) is 0 Å². The summed E-state index contributed by atoms with van der Waals surface area (Å²) in [7, 11) is 1.83.